The second kappa shape index (κ2) is 9.57. The third-order valence-electron chi connectivity index (χ3n) is 4.98. The number of amides is 1. The van der Waals surface area contributed by atoms with E-state index in [1.165, 1.54) is 5.56 Å². The molecule has 0 radical (unpaired) electrons. The molecule has 1 N–H and O–H groups in total. The molecule has 1 aliphatic rings. The van der Waals surface area contributed by atoms with E-state index in [1.54, 1.807) is 32.4 Å². The number of ether oxygens (including phenoxy) is 3. The highest BCUT2D eigenvalue weighted by atomic mass is 16.5. The molecule has 0 aliphatic carbocycles. The average molecular weight is 384 g/mol. The highest BCUT2D eigenvalue weighted by Crippen LogP contribution is 2.28. The Morgan fingerprint density at radius 3 is 2.39 bits per heavy atom. The number of aryl methyl sites for hydroxylation is 1. The zero-order chi connectivity index (χ0) is 19.9. The van der Waals surface area contributed by atoms with Crippen molar-refractivity contribution >= 4 is 5.91 Å². The molecule has 28 heavy (non-hydrogen) atoms. The molecule has 1 amide bonds. The Labute approximate surface area is 166 Å². The van der Waals surface area contributed by atoms with Gasteiger partial charge in [-0.15, -0.1) is 0 Å². The Hall–Kier alpha value is -2.57. The first-order valence-corrected chi connectivity index (χ1v) is 9.50. The first-order valence-electron chi connectivity index (χ1n) is 9.50. The van der Waals surface area contributed by atoms with Crippen molar-refractivity contribution in [2.75, 3.05) is 47.1 Å². The van der Waals surface area contributed by atoms with Gasteiger partial charge in [-0.3, -0.25) is 9.69 Å². The molecule has 0 spiro atoms. The lowest BCUT2D eigenvalue weighted by atomic mass is 10.0. The Morgan fingerprint density at radius 1 is 1.07 bits per heavy atom. The van der Waals surface area contributed by atoms with Crippen LogP contribution in [0.25, 0.3) is 0 Å². The van der Waals surface area contributed by atoms with Crippen molar-refractivity contribution in [3.63, 3.8) is 0 Å². The topological polar surface area (TPSA) is 60.0 Å². The number of rotatable bonds is 7. The second-order valence-electron chi connectivity index (χ2n) is 6.92. The van der Waals surface area contributed by atoms with Gasteiger partial charge in [-0.2, -0.15) is 0 Å². The molecule has 1 aliphatic heterocycles. The fourth-order valence-corrected chi connectivity index (χ4v) is 3.29. The molecule has 6 nitrogen and oxygen atoms in total. The molecule has 1 atom stereocenters. The number of carbonyl (C=O) groups excluding carboxylic acids is 1. The summed E-state index contributed by atoms with van der Waals surface area (Å²) >= 11 is 0. The van der Waals surface area contributed by atoms with Gasteiger partial charge in [0.1, 0.15) is 0 Å². The van der Waals surface area contributed by atoms with E-state index in [1.807, 2.05) is 0 Å². The first-order chi connectivity index (χ1) is 13.6. The van der Waals surface area contributed by atoms with Crippen LogP contribution >= 0.6 is 0 Å². The molecule has 150 valence electrons. The first kappa shape index (κ1) is 20.2. The van der Waals surface area contributed by atoms with Gasteiger partial charge < -0.3 is 19.5 Å². The van der Waals surface area contributed by atoms with E-state index >= 15 is 0 Å². The lowest BCUT2D eigenvalue weighted by molar-refractivity contribution is 0.0332. The zero-order valence-electron chi connectivity index (χ0n) is 16.7. The minimum absolute atomic E-state index is 0.112. The molecule has 2 aromatic carbocycles. The highest BCUT2D eigenvalue weighted by Gasteiger charge is 2.21. The predicted molar refractivity (Wildman–Crippen MR) is 108 cm³/mol. The minimum Gasteiger partial charge on any atom is -0.493 e. The molecule has 0 aromatic heterocycles. The van der Waals surface area contributed by atoms with Crippen LogP contribution in [0.5, 0.6) is 11.5 Å². The molecular weight excluding hydrogens is 356 g/mol. The number of methoxy groups -OCH3 is 2. The molecule has 1 heterocycles. The molecule has 0 saturated carbocycles. The van der Waals surface area contributed by atoms with E-state index in [-0.39, 0.29) is 11.9 Å². The molecule has 6 heteroatoms. The summed E-state index contributed by atoms with van der Waals surface area (Å²) < 4.78 is 16.0. The molecule has 1 saturated heterocycles. The summed E-state index contributed by atoms with van der Waals surface area (Å²) in [7, 11) is 3.14. The van der Waals surface area contributed by atoms with E-state index in [2.05, 4.69) is 41.4 Å². The minimum atomic E-state index is -0.139. The Bertz CT molecular complexity index is 786. The van der Waals surface area contributed by atoms with Crippen LogP contribution in [-0.2, 0) is 4.74 Å². The van der Waals surface area contributed by atoms with Crippen LogP contribution in [0.3, 0.4) is 0 Å². The number of nitrogens with one attached hydrogen (secondary N) is 1. The lowest BCUT2D eigenvalue weighted by Crippen LogP contribution is -2.43. The van der Waals surface area contributed by atoms with Gasteiger partial charge in [0, 0.05) is 25.2 Å². The maximum atomic E-state index is 13.0. The van der Waals surface area contributed by atoms with E-state index in [9.17, 15) is 4.79 Å². The SMILES string of the molecule is COc1ccc(C(=O)N[C@@H](CN2CCOCC2)c2ccc(C)cc2)cc1OC. The molecule has 3 rings (SSSR count). The van der Waals surface area contributed by atoms with Crippen molar-refractivity contribution < 1.29 is 19.0 Å². The van der Waals surface area contributed by atoms with Crippen LogP contribution in [0.15, 0.2) is 42.5 Å². The van der Waals surface area contributed by atoms with Gasteiger partial charge in [-0.1, -0.05) is 29.8 Å². The second-order valence-corrected chi connectivity index (χ2v) is 6.92. The largest absolute Gasteiger partial charge is 0.493 e. The Morgan fingerprint density at radius 2 is 1.75 bits per heavy atom. The lowest BCUT2D eigenvalue weighted by Gasteiger charge is -2.31. The van der Waals surface area contributed by atoms with Crippen LogP contribution < -0.4 is 14.8 Å². The fraction of sp³-hybridized carbons (Fsp3) is 0.409. The Balaban J connectivity index is 1.79. The standard InChI is InChI=1S/C22H28N2O4/c1-16-4-6-17(7-5-16)19(15-24-10-12-28-13-11-24)23-22(25)18-8-9-20(26-2)21(14-18)27-3/h4-9,14,19H,10-13,15H2,1-3H3,(H,23,25)/t19-/m0/s1. The summed E-state index contributed by atoms with van der Waals surface area (Å²) in [6, 6.07) is 13.4. The third kappa shape index (κ3) is 5.03. The summed E-state index contributed by atoms with van der Waals surface area (Å²) in [5.74, 6) is 0.998. The van der Waals surface area contributed by atoms with Crippen molar-refractivity contribution in [3.05, 3.63) is 59.2 Å². The number of hydrogen-bond donors (Lipinski definition) is 1. The van der Waals surface area contributed by atoms with Gasteiger partial charge in [0.25, 0.3) is 5.91 Å². The number of morpholine rings is 1. The number of benzene rings is 2. The van der Waals surface area contributed by atoms with Crippen molar-refractivity contribution in [2.24, 2.45) is 0 Å². The maximum absolute atomic E-state index is 13.0. The van der Waals surface area contributed by atoms with Gasteiger partial charge in [0.2, 0.25) is 0 Å². The van der Waals surface area contributed by atoms with Gasteiger partial charge in [-0.05, 0) is 30.7 Å². The summed E-state index contributed by atoms with van der Waals surface area (Å²) in [5, 5.41) is 3.19. The maximum Gasteiger partial charge on any atom is 0.251 e. The van der Waals surface area contributed by atoms with Crippen LogP contribution in [-0.4, -0.2) is 57.9 Å². The van der Waals surface area contributed by atoms with Gasteiger partial charge in [0.05, 0.1) is 33.5 Å². The summed E-state index contributed by atoms with van der Waals surface area (Å²) in [5.41, 5.74) is 2.82. The van der Waals surface area contributed by atoms with Gasteiger partial charge in [-0.25, -0.2) is 0 Å². The number of hydrogen-bond acceptors (Lipinski definition) is 5. The van der Waals surface area contributed by atoms with E-state index in [4.69, 9.17) is 14.2 Å². The van der Waals surface area contributed by atoms with Gasteiger partial charge in [0.15, 0.2) is 11.5 Å². The van der Waals surface area contributed by atoms with E-state index < -0.39 is 0 Å². The van der Waals surface area contributed by atoms with Crippen LogP contribution in [0, 0.1) is 6.92 Å². The molecule has 2 aromatic rings. The Kier molecular flexibility index (Phi) is 6.90. The third-order valence-corrected chi connectivity index (χ3v) is 4.98. The van der Waals surface area contributed by atoms with Crippen molar-refractivity contribution in [1.82, 2.24) is 10.2 Å². The van der Waals surface area contributed by atoms with Gasteiger partial charge >= 0.3 is 0 Å². The summed E-state index contributed by atoms with van der Waals surface area (Å²) in [6.45, 7) is 5.99. The molecule has 0 bridgehead atoms. The number of nitrogens with zero attached hydrogens (tertiary/aromatic N) is 1. The van der Waals surface area contributed by atoms with Crippen molar-refractivity contribution in [2.45, 2.75) is 13.0 Å². The van der Waals surface area contributed by atoms with Crippen molar-refractivity contribution in [3.8, 4) is 11.5 Å². The fourth-order valence-electron chi connectivity index (χ4n) is 3.29. The average Bonchev–Trinajstić information content (AvgIpc) is 2.74. The van der Waals surface area contributed by atoms with E-state index in [0.29, 0.717) is 17.1 Å². The quantitative estimate of drug-likeness (QED) is 0.795. The molecule has 1 fully saturated rings. The zero-order valence-corrected chi connectivity index (χ0v) is 16.7. The van der Waals surface area contributed by atoms with Crippen LogP contribution in [0.1, 0.15) is 27.5 Å². The molecule has 0 unspecified atom stereocenters. The monoisotopic (exact) mass is 384 g/mol. The molecular formula is C22H28N2O4. The smallest absolute Gasteiger partial charge is 0.251 e. The van der Waals surface area contributed by atoms with E-state index in [0.717, 1.165) is 38.4 Å². The summed E-state index contributed by atoms with van der Waals surface area (Å²) in [4.78, 5) is 15.3. The predicted octanol–water partition coefficient (Wildman–Crippen LogP) is 2.82. The van der Waals surface area contributed by atoms with Crippen LogP contribution in [0.4, 0.5) is 0 Å². The van der Waals surface area contributed by atoms with Crippen molar-refractivity contribution in [1.29, 1.82) is 0 Å². The summed E-state index contributed by atoms with van der Waals surface area (Å²) in [6.07, 6.45) is 0. The highest BCUT2D eigenvalue weighted by molar-refractivity contribution is 5.95. The normalized spacial score (nSPS) is 15.7. The number of carbonyl (C=O) groups is 1. The van der Waals surface area contributed by atoms with Crippen LogP contribution in [0.2, 0.25) is 0 Å².